The second kappa shape index (κ2) is 13900. The van der Waals surface area contributed by atoms with Crippen molar-refractivity contribution in [3.05, 3.63) is 53.2 Å². The maximum atomic E-state index is 7.50. The van der Waals surface area contributed by atoms with Crippen molar-refractivity contribution in [1.29, 1.82) is 0 Å². The van der Waals surface area contributed by atoms with Crippen LogP contribution in [0, 0.1) is 53.2 Å². The van der Waals surface area contributed by atoms with Gasteiger partial charge in [-0.2, -0.15) is 0 Å². The van der Waals surface area contributed by atoms with Crippen LogP contribution in [0.25, 0.3) is 0 Å². The topological polar surface area (TPSA) is 159 Å². The molecule has 0 saturated carbocycles. The molecule has 0 aromatic heterocycles. The first-order valence-corrected chi connectivity index (χ1v) is 17.3. The molecule has 0 aromatic rings. The second-order valence-electron chi connectivity index (χ2n) is 0. The van der Waals surface area contributed by atoms with Gasteiger partial charge in [0.15, 0.2) is 0 Å². The molecule has 0 atom stereocenters. The van der Waals surface area contributed by atoms with E-state index in [-0.39, 0.29) is 0 Å². The van der Waals surface area contributed by atoms with E-state index in [0.717, 1.165) is 0 Å². The Balaban J connectivity index is -0.00000000694. The zero-order valence-electron chi connectivity index (χ0n) is 8.78. The van der Waals surface area contributed by atoms with Crippen molar-refractivity contribution in [1.82, 2.24) is 0 Å². The van der Waals surface area contributed by atoms with Gasteiger partial charge < -0.3 is 0 Å². The number of rotatable bonds is 0. The average molecular weight is 850 g/mol. The Labute approximate surface area is 159 Å². The maximum absolute atomic E-state index is 7.50. The summed E-state index contributed by atoms with van der Waals surface area (Å²) in [6.45, 7) is 36.0. The van der Waals surface area contributed by atoms with E-state index in [1.165, 1.54) is 0 Å². The quantitative estimate of drug-likeness (QED) is 0.197. The van der Waals surface area contributed by atoms with E-state index in [4.69, 9.17) is 37.2 Å². The van der Waals surface area contributed by atoms with E-state index in [9.17, 15) is 0 Å². The third-order valence-corrected chi connectivity index (χ3v) is 0. The van der Waals surface area contributed by atoms with Crippen molar-refractivity contribution in [2.24, 2.45) is 0 Å². The van der Waals surface area contributed by atoms with Gasteiger partial charge in [0, 0.05) is 0 Å². The van der Waals surface area contributed by atoms with Gasteiger partial charge in [0.25, 0.3) is 0 Å². The zero-order valence-corrected chi connectivity index (χ0v) is 18.5. The average Bonchev–Trinajstić information content (AvgIpc) is 2.71. The Morgan fingerprint density at radius 2 is 0.300 bits per heavy atom. The summed E-state index contributed by atoms with van der Waals surface area (Å²) in [6, 6.07) is 0. The van der Waals surface area contributed by atoms with E-state index in [0.29, 0.717) is 0 Å². The first kappa shape index (κ1) is 70.2. The van der Waals surface area contributed by atoms with Crippen LogP contribution in [0.1, 0.15) is 0 Å². The third kappa shape index (κ3) is 11800. The first-order chi connectivity index (χ1) is 10.0. The molecular formula is C8I2O8Re2. The second-order valence-corrected chi connectivity index (χ2v) is 0. The SMILES string of the molecule is [C-]#[O+].[C-]#[O+].[C-]#[O+].[C-]#[O+].[C-]#[O+].[C-]#[O+].[C-]#[O+].[C-]#[O+].[I][Re].[I][Re]. The molecule has 0 saturated heterocycles. The number of hydrogen-bond donors (Lipinski definition) is 0. The first-order valence-electron chi connectivity index (χ1n) is 1.92. The standard InChI is InChI=1S/8CO.2HI.2Re/c8*1-2;;;;/h;;;;;;;;2*1H;;/q;;;;;;;;;;2*+1/p-2. The molecule has 0 bridgehead atoms. The van der Waals surface area contributed by atoms with E-state index in [1.807, 2.05) is 0 Å². The van der Waals surface area contributed by atoms with Crippen LogP contribution in [0.4, 0.5) is 0 Å². The van der Waals surface area contributed by atoms with Crippen LogP contribution < -0.4 is 0 Å². The summed E-state index contributed by atoms with van der Waals surface area (Å²) in [5.41, 5.74) is 0. The van der Waals surface area contributed by atoms with Crippen LogP contribution in [0.15, 0.2) is 0 Å². The number of hydrogen-bond acceptors (Lipinski definition) is 0. The Bertz CT molecular complexity index is 144. The fourth-order valence-electron chi connectivity index (χ4n) is 0. The van der Waals surface area contributed by atoms with Crippen molar-refractivity contribution in [2.75, 3.05) is 0 Å². The van der Waals surface area contributed by atoms with Crippen molar-refractivity contribution < 1.29 is 68.4 Å². The Morgan fingerprint density at radius 1 is 0.300 bits per heavy atom. The van der Waals surface area contributed by atoms with Crippen LogP contribution in [0.2, 0.25) is 0 Å². The Hall–Kier alpha value is 0.705. The summed E-state index contributed by atoms with van der Waals surface area (Å²) in [6.07, 6.45) is 0. The molecule has 0 aliphatic heterocycles. The fraction of sp³-hybridized carbons (Fsp3) is 0. The van der Waals surface area contributed by atoms with Crippen LogP contribution in [0.5, 0.6) is 0 Å². The molecule has 0 rings (SSSR count). The molecule has 0 fully saturated rings. The van der Waals surface area contributed by atoms with Crippen molar-refractivity contribution in [2.45, 2.75) is 0 Å². The summed E-state index contributed by atoms with van der Waals surface area (Å²) in [5, 5.41) is 0. The molecule has 20 heavy (non-hydrogen) atoms. The zero-order chi connectivity index (χ0) is 20.0. The molecule has 0 N–H and O–H groups in total. The van der Waals surface area contributed by atoms with E-state index in [2.05, 4.69) is 92.2 Å². The molecule has 0 aromatic carbocycles. The van der Waals surface area contributed by atoms with Gasteiger partial charge in [0.05, 0.1) is 0 Å². The van der Waals surface area contributed by atoms with Gasteiger partial charge in [-0.05, 0) is 0 Å². The monoisotopic (exact) mass is 852 g/mol. The van der Waals surface area contributed by atoms with E-state index < -0.39 is 0 Å². The molecule has 8 nitrogen and oxygen atoms in total. The molecule has 0 radical (unpaired) electrons. The van der Waals surface area contributed by atoms with Crippen LogP contribution in [-0.2, 0) is 68.4 Å². The van der Waals surface area contributed by atoms with Gasteiger partial charge in [-0.3, -0.25) is 0 Å². The molecular weight excluding hydrogens is 850 g/mol. The van der Waals surface area contributed by atoms with Gasteiger partial charge in [0.2, 0.25) is 0 Å². The van der Waals surface area contributed by atoms with Crippen LogP contribution in [0.3, 0.4) is 0 Å². The molecule has 0 aliphatic carbocycles. The molecule has 108 valence electrons. The normalized spacial score (nSPS) is 1.40. The molecule has 0 unspecified atom stereocenters. The van der Waals surface area contributed by atoms with Crippen LogP contribution in [-0.4, -0.2) is 0 Å². The summed E-state index contributed by atoms with van der Waals surface area (Å²) < 4.78 is 60.0. The van der Waals surface area contributed by atoms with Crippen molar-refractivity contribution in [3.63, 3.8) is 0 Å². The summed E-state index contributed by atoms with van der Waals surface area (Å²) in [5.74, 6) is 0. The van der Waals surface area contributed by atoms with Gasteiger partial charge in [-0.1, -0.05) is 0 Å². The molecule has 0 amide bonds. The minimum absolute atomic E-state index is 1.69. The number of halogens is 2. The minimum atomic E-state index is 1.69. The Kier molecular flexibility index (Phi) is 48700. The summed E-state index contributed by atoms with van der Waals surface area (Å²) >= 11 is 7.80. The van der Waals surface area contributed by atoms with Gasteiger partial charge in [-0.15, -0.1) is 0 Å². The fourth-order valence-corrected chi connectivity index (χ4v) is 0. The Morgan fingerprint density at radius 3 is 0.300 bits per heavy atom. The third-order valence-electron chi connectivity index (χ3n) is 0. The van der Waals surface area contributed by atoms with E-state index >= 15 is 0 Å². The van der Waals surface area contributed by atoms with Gasteiger partial charge in [-0.25, -0.2) is 0 Å². The van der Waals surface area contributed by atoms with Crippen molar-refractivity contribution in [3.8, 4) is 0 Å². The summed E-state index contributed by atoms with van der Waals surface area (Å²) in [7, 11) is 0. The van der Waals surface area contributed by atoms with E-state index in [1.54, 1.807) is 31.2 Å². The predicted molar refractivity (Wildman–Crippen MR) is 59.5 cm³/mol. The molecule has 12 heteroatoms. The molecule has 0 aliphatic rings. The van der Waals surface area contributed by atoms with Gasteiger partial charge in [0.1, 0.15) is 0 Å². The van der Waals surface area contributed by atoms with Gasteiger partial charge >= 0.3 is 161 Å². The molecule has 0 heterocycles. The summed E-state index contributed by atoms with van der Waals surface area (Å²) in [4.78, 5) is 0. The predicted octanol–water partition coefficient (Wildman–Crippen LogP) is 1.47. The van der Waals surface area contributed by atoms with Crippen LogP contribution >= 0.6 is 39.0 Å². The van der Waals surface area contributed by atoms with Crippen molar-refractivity contribution >= 4 is 39.0 Å². The molecule has 0 spiro atoms.